The van der Waals surface area contributed by atoms with E-state index in [0.29, 0.717) is 17.0 Å². The van der Waals surface area contributed by atoms with Crippen LogP contribution < -0.4 is 10.1 Å². The standard InChI is InChI=1S/C15H15NO4/c1-3-20-15(18)9-13-12(8-14(17)16-13)10-5-4-6-11(7-10)19-2/h4-9H,3H2,1-2H3,(H,16,17)/b13-9-. The Bertz CT molecular complexity index is 602. The van der Waals surface area contributed by atoms with E-state index in [2.05, 4.69) is 5.32 Å². The van der Waals surface area contributed by atoms with Crippen LogP contribution in [0.1, 0.15) is 12.5 Å². The van der Waals surface area contributed by atoms with Crippen molar-refractivity contribution in [3.63, 3.8) is 0 Å². The van der Waals surface area contributed by atoms with Crippen LogP contribution >= 0.6 is 0 Å². The molecule has 20 heavy (non-hydrogen) atoms. The van der Waals surface area contributed by atoms with Gasteiger partial charge < -0.3 is 14.8 Å². The minimum Gasteiger partial charge on any atom is -0.497 e. The largest absolute Gasteiger partial charge is 0.497 e. The fourth-order valence-electron chi connectivity index (χ4n) is 1.89. The number of carbonyl (C=O) groups excluding carboxylic acids is 2. The lowest BCUT2D eigenvalue weighted by Crippen LogP contribution is -2.15. The molecule has 0 aromatic heterocycles. The Morgan fingerprint density at radius 3 is 2.90 bits per heavy atom. The maximum absolute atomic E-state index is 11.5. The first-order valence-corrected chi connectivity index (χ1v) is 6.20. The van der Waals surface area contributed by atoms with Gasteiger partial charge in [-0.3, -0.25) is 4.79 Å². The van der Waals surface area contributed by atoms with Gasteiger partial charge in [0.2, 0.25) is 5.91 Å². The monoisotopic (exact) mass is 273 g/mol. The number of allylic oxidation sites excluding steroid dienone is 1. The molecule has 0 atom stereocenters. The first-order valence-electron chi connectivity index (χ1n) is 6.20. The van der Waals surface area contributed by atoms with Gasteiger partial charge in [-0.25, -0.2) is 4.79 Å². The second-order valence-corrected chi connectivity index (χ2v) is 4.09. The van der Waals surface area contributed by atoms with Crippen molar-refractivity contribution in [2.45, 2.75) is 6.92 Å². The average molecular weight is 273 g/mol. The maximum atomic E-state index is 11.5. The number of benzene rings is 1. The van der Waals surface area contributed by atoms with Crippen molar-refractivity contribution in [3.8, 4) is 5.75 Å². The summed E-state index contributed by atoms with van der Waals surface area (Å²) in [6.07, 6.45) is 2.72. The Hall–Kier alpha value is -2.56. The number of esters is 1. The van der Waals surface area contributed by atoms with Gasteiger partial charge in [0, 0.05) is 17.7 Å². The molecule has 0 fully saturated rings. The Balaban J connectivity index is 2.34. The molecular formula is C15H15NO4. The van der Waals surface area contributed by atoms with Gasteiger partial charge in [0.25, 0.3) is 0 Å². The molecule has 1 aromatic rings. The number of hydrogen-bond donors (Lipinski definition) is 1. The van der Waals surface area contributed by atoms with Crippen molar-refractivity contribution in [1.29, 1.82) is 0 Å². The van der Waals surface area contributed by atoms with Gasteiger partial charge in [0.1, 0.15) is 5.75 Å². The smallest absolute Gasteiger partial charge is 0.332 e. The second kappa shape index (κ2) is 6.06. The molecule has 0 saturated carbocycles. The summed E-state index contributed by atoms with van der Waals surface area (Å²) in [5.74, 6) is -0.0740. The minimum atomic E-state index is -0.488. The van der Waals surface area contributed by atoms with Crippen LogP contribution in [0.2, 0.25) is 0 Å². The zero-order valence-corrected chi connectivity index (χ0v) is 11.3. The molecule has 0 saturated heterocycles. The summed E-state index contributed by atoms with van der Waals surface area (Å²) >= 11 is 0. The summed E-state index contributed by atoms with van der Waals surface area (Å²) in [5.41, 5.74) is 1.86. The van der Waals surface area contributed by atoms with E-state index in [9.17, 15) is 9.59 Å². The number of hydrogen-bond acceptors (Lipinski definition) is 4. The molecular weight excluding hydrogens is 258 g/mol. The Morgan fingerprint density at radius 1 is 1.40 bits per heavy atom. The van der Waals surface area contributed by atoms with Crippen LogP contribution in [0.3, 0.4) is 0 Å². The number of ether oxygens (including phenoxy) is 2. The van der Waals surface area contributed by atoms with E-state index < -0.39 is 5.97 Å². The predicted octanol–water partition coefficient (Wildman–Crippen LogP) is 1.66. The highest BCUT2D eigenvalue weighted by molar-refractivity contribution is 6.08. The molecule has 1 amide bonds. The van der Waals surface area contributed by atoms with Gasteiger partial charge in [-0.05, 0) is 24.6 Å². The van der Waals surface area contributed by atoms with Gasteiger partial charge in [0.05, 0.1) is 19.4 Å². The summed E-state index contributed by atoms with van der Waals surface area (Å²) in [7, 11) is 1.57. The fourth-order valence-corrected chi connectivity index (χ4v) is 1.89. The zero-order chi connectivity index (χ0) is 14.5. The van der Waals surface area contributed by atoms with E-state index in [-0.39, 0.29) is 12.5 Å². The van der Waals surface area contributed by atoms with Gasteiger partial charge in [0.15, 0.2) is 0 Å². The van der Waals surface area contributed by atoms with Crippen LogP contribution in [0, 0.1) is 0 Å². The molecule has 0 aliphatic carbocycles. The van der Waals surface area contributed by atoms with E-state index in [1.165, 1.54) is 12.2 Å². The summed E-state index contributed by atoms with van der Waals surface area (Å²) in [5, 5.41) is 2.62. The number of nitrogens with one attached hydrogen (secondary N) is 1. The molecule has 0 spiro atoms. The molecule has 1 heterocycles. The molecule has 0 bridgehead atoms. The number of amides is 1. The summed E-state index contributed by atoms with van der Waals surface area (Å²) in [6.45, 7) is 2.01. The van der Waals surface area contributed by atoms with E-state index >= 15 is 0 Å². The van der Waals surface area contributed by atoms with Gasteiger partial charge in [-0.1, -0.05) is 12.1 Å². The number of carbonyl (C=O) groups is 2. The third-order valence-electron chi connectivity index (χ3n) is 2.75. The predicted molar refractivity (Wildman–Crippen MR) is 73.8 cm³/mol. The lowest BCUT2D eigenvalue weighted by molar-refractivity contribution is -0.137. The average Bonchev–Trinajstić information content (AvgIpc) is 2.80. The Labute approximate surface area is 116 Å². The molecule has 1 aliphatic rings. The molecule has 1 aliphatic heterocycles. The van der Waals surface area contributed by atoms with Crippen molar-refractivity contribution in [2.24, 2.45) is 0 Å². The first-order chi connectivity index (χ1) is 9.63. The van der Waals surface area contributed by atoms with E-state index in [1.54, 1.807) is 20.1 Å². The van der Waals surface area contributed by atoms with E-state index in [4.69, 9.17) is 9.47 Å². The molecule has 104 valence electrons. The van der Waals surface area contributed by atoms with E-state index in [0.717, 1.165) is 5.56 Å². The fraction of sp³-hybridized carbons (Fsp3) is 0.200. The third kappa shape index (κ3) is 3.06. The van der Waals surface area contributed by atoms with E-state index in [1.807, 2.05) is 18.2 Å². The molecule has 5 heteroatoms. The molecule has 1 N–H and O–H groups in total. The van der Waals surface area contributed by atoms with Crippen LogP contribution in [-0.4, -0.2) is 25.6 Å². The zero-order valence-electron chi connectivity index (χ0n) is 11.3. The van der Waals surface area contributed by atoms with Crippen molar-refractivity contribution in [2.75, 3.05) is 13.7 Å². The molecule has 0 unspecified atom stereocenters. The highest BCUT2D eigenvalue weighted by atomic mass is 16.5. The van der Waals surface area contributed by atoms with Crippen LogP contribution in [0.5, 0.6) is 5.75 Å². The highest BCUT2D eigenvalue weighted by Gasteiger charge is 2.20. The Morgan fingerprint density at radius 2 is 2.20 bits per heavy atom. The Kier molecular flexibility index (Phi) is 4.20. The van der Waals surface area contributed by atoms with Crippen LogP contribution in [0.15, 0.2) is 42.1 Å². The van der Waals surface area contributed by atoms with Gasteiger partial charge in [-0.15, -0.1) is 0 Å². The van der Waals surface area contributed by atoms with Crippen LogP contribution in [-0.2, 0) is 14.3 Å². The SMILES string of the molecule is CCOC(=O)/C=C1\NC(=O)C=C1c1cccc(OC)c1. The first kappa shape index (κ1) is 13.9. The minimum absolute atomic E-state index is 0.265. The summed E-state index contributed by atoms with van der Waals surface area (Å²) in [4.78, 5) is 23.0. The van der Waals surface area contributed by atoms with Crippen LogP contribution in [0.25, 0.3) is 5.57 Å². The summed E-state index contributed by atoms with van der Waals surface area (Å²) < 4.78 is 10.0. The lowest BCUT2D eigenvalue weighted by Gasteiger charge is -2.07. The molecule has 2 rings (SSSR count). The molecule has 1 aromatic carbocycles. The topological polar surface area (TPSA) is 64.6 Å². The molecule has 0 radical (unpaired) electrons. The van der Waals surface area contributed by atoms with Gasteiger partial charge >= 0.3 is 5.97 Å². The third-order valence-corrected chi connectivity index (χ3v) is 2.75. The number of rotatable bonds is 4. The quantitative estimate of drug-likeness (QED) is 0.669. The highest BCUT2D eigenvalue weighted by Crippen LogP contribution is 2.27. The van der Waals surface area contributed by atoms with Crippen molar-refractivity contribution in [1.82, 2.24) is 5.32 Å². The summed E-state index contributed by atoms with van der Waals surface area (Å²) in [6, 6.07) is 7.27. The second-order valence-electron chi connectivity index (χ2n) is 4.09. The molecule has 5 nitrogen and oxygen atoms in total. The normalized spacial score (nSPS) is 15.8. The van der Waals surface area contributed by atoms with Crippen molar-refractivity contribution < 1.29 is 19.1 Å². The van der Waals surface area contributed by atoms with Crippen molar-refractivity contribution >= 4 is 17.4 Å². The van der Waals surface area contributed by atoms with Crippen LogP contribution in [0.4, 0.5) is 0 Å². The lowest BCUT2D eigenvalue weighted by atomic mass is 10.0. The maximum Gasteiger partial charge on any atom is 0.332 e. The number of methoxy groups -OCH3 is 1. The van der Waals surface area contributed by atoms with Crippen molar-refractivity contribution in [3.05, 3.63) is 47.7 Å². The van der Waals surface area contributed by atoms with Gasteiger partial charge in [-0.2, -0.15) is 0 Å².